The Morgan fingerprint density at radius 3 is 2.43 bits per heavy atom. The second-order valence-corrected chi connectivity index (χ2v) is 2.86. The van der Waals surface area contributed by atoms with E-state index in [0.29, 0.717) is 5.69 Å². The van der Waals surface area contributed by atoms with Crippen LogP contribution >= 0.6 is 12.2 Å². The SMILES string of the molecule is N#CC(=S)Nc1ccc(C(=O)O)cc1. The Balaban J connectivity index is 2.80. The number of hydrogen-bond acceptors (Lipinski definition) is 3. The van der Waals surface area contributed by atoms with Crippen molar-refractivity contribution < 1.29 is 9.90 Å². The number of anilines is 1. The van der Waals surface area contributed by atoms with Gasteiger partial charge in [-0.25, -0.2) is 4.79 Å². The maximum atomic E-state index is 10.5. The minimum atomic E-state index is -0.987. The van der Waals surface area contributed by atoms with E-state index < -0.39 is 5.97 Å². The number of nitriles is 1. The van der Waals surface area contributed by atoms with Crippen LogP contribution in [0.1, 0.15) is 10.4 Å². The summed E-state index contributed by atoms with van der Waals surface area (Å²) >= 11 is 4.63. The number of rotatable bonds is 2. The zero-order valence-electron chi connectivity index (χ0n) is 7.02. The van der Waals surface area contributed by atoms with E-state index >= 15 is 0 Å². The standard InChI is InChI=1S/C9H6N2O2S/c10-5-8(14)11-7-3-1-6(2-4-7)9(12)13/h1-4H,(H,11,14)(H,12,13). The number of carboxylic acids is 1. The maximum Gasteiger partial charge on any atom is 0.335 e. The van der Waals surface area contributed by atoms with Gasteiger partial charge in [0, 0.05) is 5.69 Å². The monoisotopic (exact) mass is 206 g/mol. The highest BCUT2D eigenvalue weighted by atomic mass is 32.1. The molecule has 0 aromatic heterocycles. The summed E-state index contributed by atoms with van der Waals surface area (Å²) in [5.74, 6) is -0.987. The summed E-state index contributed by atoms with van der Waals surface area (Å²) in [5.41, 5.74) is 0.792. The summed E-state index contributed by atoms with van der Waals surface area (Å²) in [6, 6.07) is 7.72. The summed E-state index contributed by atoms with van der Waals surface area (Å²) in [6.07, 6.45) is 0. The number of hydrogen-bond donors (Lipinski definition) is 2. The molecular weight excluding hydrogens is 200 g/mol. The molecule has 0 heterocycles. The van der Waals surface area contributed by atoms with Crippen molar-refractivity contribution in [1.82, 2.24) is 0 Å². The Labute approximate surface area is 85.8 Å². The molecule has 2 N–H and O–H groups in total. The van der Waals surface area contributed by atoms with Crippen LogP contribution in [-0.4, -0.2) is 16.1 Å². The van der Waals surface area contributed by atoms with E-state index in [1.165, 1.54) is 12.1 Å². The molecule has 0 unspecified atom stereocenters. The highest BCUT2D eigenvalue weighted by molar-refractivity contribution is 7.81. The van der Waals surface area contributed by atoms with Crippen molar-refractivity contribution in [3.05, 3.63) is 29.8 Å². The van der Waals surface area contributed by atoms with Crippen LogP contribution in [0.4, 0.5) is 5.69 Å². The van der Waals surface area contributed by atoms with Crippen LogP contribution in [0.5, 0.6) is 0 Å². The van der Waals surface area contributed by atoms with Gasteiger partial charge in [0.2, 0.25) is 0 Å². The van der Waals surface area contributed by atoms with Gasteiger partial charge >= 0.3 is 5.97 Å². The van der Waals surface area contributed by atoms with Gasteiger partial charge in [-0.2, -0.15) is 5.26 Å². The molecule has 0 saturated heterocycles. The Bertz CT molecular complexity index is 406. The summed E-state index contributed by atoms with van der Waals surface area (Å²) < 4.78 is 0. The lowest BCUT2D eigenvalue weighted by molar-refractivity contribution is 0.0697. The molecule has 0 spiro atoms. The molecule has 1 aromatic rings. The van der Waals surface area contributed by atoms with E-state index in [2.05, 4.69) is 17.5 Å². The highest BCUT2D eigenvalue weighted by Crippen LogP contribution is 2.09. The van der Waals surface area contributed by atoms with Crippen molar-refractivity contribution in [3.8, 4) is 6.07 Å². The van der Waals surface area contributed by atoms with Crippen LogP contribution in [0, 0.1) is 11.3 Å². The van der Waals surface area contributed by atoms with E-state index in [-0.39, 0.29) is 10.6 Å². The number of carbonyl (C=O) groups is 1. The van der Waals surface area contributed by atoms with E-state index in [1.807, 2.05) is 0 Å². The molecular formula is C9H6N2O2S. The molecule has 70 valence electrons. The summed E-state index contributed by atoms with van der Waals surface area (Å²) in [7, 11) is 0. The predicted octanol–water partition coefficient (Wildman–Crippen LogP) is 1.65. The van der Waals surface area contributed by atoms with E-state index in [4.69, 9.17) is 10.4 Å². The van der Waals surface area contributed by atoms with Crippen LogP contribution < -0.4 is 5.32 Å². The van der Waals surface area contributed by atoms with Gasteiger partial charge in [-0.05, 0) is 36.5 Å². The first-order valence-corrected chi connectivity index (χ1v) is 4.09. The molecule has 0 bridgehead atoms. The van der Waals surface area contributed by atoms with Gasteiger partial charge in [-0.3, -0.25) is 0 Å². The fourth-order valence-electron chi connectivity index (χ4n) is 0.855. The van der Waals surface area contributed by atoms with Gasteiger partial charge in [0.1, 0.15) is 6.07 Å². The Morgan fingerprint density at radius 2 is 2.00 bits per heavy atom. The zero-order chi connectivity index (χ0) is 10.6. The molecule has 14 heavy (non-hydrogen) atoms. The largest absolute Gasteiger partial charge is 0.478 e. The number of thiocarbonyl (C=S) groups is 1. The second-order valence-electron chi connectivity index (χ2n) is 2.45. The van der Waals surface area contributed by atoms with E-state index in [9.17, 15) is 4.79 Å². The molecule has 4 nitrogen and oxygen atoms in total. The van der Waals surface area contributed by atoms with Gasteiger partial charge in [-0.15, -0.1) is 0 Å². The van der Waals surface area contributed by atoms with Gasteiger partial charge < -0.3 is 10.4 Å². The topological polar surface area (TPSA) is 73.1 Å². The maximum absolute atomic E-state index is 10.5. The lowest BCUT2D eigenvalue weighted by Gasteiger charge is -2.01. The van der Waals surface area contributed by atoms with Crippen molar-refractivity contribution in [3.63, 3.8) is 0 Å². The summed E-state index contributed by atoms with van der Waals surface area (Å²) in [6.45, 7) is 0. The Hall–Kier alpha value is -1.93. The first-order chi connectivity index (χ1) is 6.63. The third-order valence-corrected chi connectivity index (χ3v) is 1.68. The zero-order valence-corrected chi connectivity index (χ0v) is 7.84. The smallest absolute Gasteiger partial charge is 0.335 e. The fourth-order valence-corrected chi connectivity index (χ4v) is 0.973. The quantitative estimate of drug-likeness (QED) is 0.720. The molecule has 1 rings (SSSR count). The lowest BCUT2D eigenvalue weighted by Crippen LogP contribution is -2.05. The van der Waals surface area contributed by atoms with Crippen LogP contribution in [-0.2, 0) is 0 Å². The normalized spacial score (nSPS) is 8.79. The van der Waals surface area contributed by atoms with Crippen molar-refractivity contribution in [1.29, 1.82) is 5.26 Å². The van der Waals surface area contributed by atoms with Gasteiger partial charge in [0.05, 0.1) is 5.56 Å². The number of aromatic carboxylic acids is 1. The van der Waals surface area contributed by atoms with Crippen molar-refractivity contribution in [2.24, 2.45) is 0 Å². The lowest BCUT2D eigenvalue weighted by atomic mass is 10.2. The third-order valence-electron chi connectivity index (χ3n) is 1.49. The number of benzene rings is 1. The van der Waals surface area contributed by atoms with E-state index in [1.54, 1.807) is 18.2 Å². The van der Waals surface area contributed by atoms with Gasteiger partial charge in [0.15, 0.2) is 4.99 Å². The summed E-state index contributed by atoms with van der Waals surface area (Å²) in [5, 5.41) is 19.6. The number of carboxylic acid groups (broad SMARTS) is 1. The summed E-state index contributed by atoms with van der Waals surface area (Å²) in [4.78, 5) is 10.5. The average Bonchev–Trinajstić information content (AvgIpc) is 2.18. The molecule has 0 radical (unpaired) electrons. The minimum Gasteiger partial charge on any atom is -0.478 e. The van der Waals surface area contributed by atoms with Gasteiger partial charge in [0.25, 0.3) is 0 Å². The molecule has 1 aromatic carbocycles. The molecule has 0 amide bonds. The van der Waals surface area contributed by atoms with Crippen LogP contribution in [0.3, 0.4) is 0 Å². The first-order valence-electron chi connectivity index (χ1n) is 3.68. The minimum absolute atomic E-state index is 0.0491. The second kappa shape index (κ2) is 4.35. The third kappa shape index (κ3) is 2.54. The van der Waals surface area contributed by atoms with Crippen molar-refractivity contribution >= 4 is 28.9 Å². The van der Waals surface area contributed by atoms with Crippen LogP contribution in [0.2, 0.25) is 0 Å². The number of nitrogens with zero attached hydrogens (tertiary/aromatic N) is 1. The van der Waals surface area contributed by atoms with Crippen molar-refractivity contribution in [2.75, 3.05) is 5.32 Å². The van der Waals surface area contributed by atoms with Gasteiger partial charge in [-0.1, -0.05) is 0 Å². The van der Waals surface area contributed by atoms with Crippen molar-refractivity contribution in [2.45, 2.75) is 0 Å². The number of nitrogens with one attached hydrogen (secondary N) is 1. The van der Waals surface area contributed by atoms with E-state index in [0.717, 1.165) is 0 Å². The Morgan fingerprint density at radius 1 is 1.43 bits per heavy atom. The molecule has 0 aliphatic heterocycles. The van der Waals surface area contributed by atoms with Crippen LogP contribution in [0.15, 0.2) is 24.3 Å². The Kier molecular flexibility index (Phi) is 3.15. The first kappa shape index (κ1) is 10.2. The molecule has 0 fully saturated rings. The average molecular weight is 206 g/mol. The predicted molar refractivity (Wildman–Crippen MR) is 55.2 cm³/mol. The fraction of sp³-hybridized carbons (Fsp3) is 0. The molecule has 5 heteroatoms. The molecule has 0 aliphatic rings. The molecule has 0 aliphatic carbocycles. The molecule has 0 atom stereocenters. The van der Waals surface area contributed by atoms with Crippen LogP contribution in [0.25, 0.3) is 0 Å². The molecule has 0 saturated carbocycles. The highest BCUT2D eigenvalue weighted by Gasteiger charge is 2.01.